The van der Waals surface area contributed by atoms with Gasteiger partial charge in [-0.1, -0.05) is 12.1 Å². The molecular formula is C17H28N4O4S. The molecule has 9 heteroatoms. The first kappa shape index (κ1) is 21.9. The van der Waals surface area contributed by atoms with E-state index in [0.717, 1.165) is 0 Å². The Kier molecular flexibility index (Phi) is 8.53. The molecule has 26 heavy (non-hydrogen) atoms. The van der Waals surface area contributed by atoms with Gasteiger partial charge in [0.05, 0.1) is 17.0 Å². The van der Waals surface area contributed by atoms with Gasteiger partial charge in [-0.3, -0.25) is 4.79 Å². The van der Waals surface area contributed by atoms with Gasteiger partial charge in [0.25, 0.3) is 5.91 Å². The lowest BCUT2D eigenvalue weighted by molar-refractivity contribution is 0.0953. The Labute approximate surface area is 155 Å². The number of nitrogens with one attached hydrogen (secondary N) is 3. The van der Waals surface area contributed by atoms with Crippen LogP contribution < -0.4 is 16.0 Å². The molecule has 0 aliphatic heterocycles. The van der Waals surface area contributed by atoms with E-state index in [1.807, 2.05) is 13.8 Å². The number of hydrogen-bond donors (Lipinski definition) is 3. The molecule has 3 N–H and O–H groups in total. The highest BCUT2D eigenvalue weighted by Gasteiger charge is 2.15. The van der Waals surface area contributed by atoms with Crippen LogP contribution in [0.2, 0.25) is 0 Å². The minimum atomic E-state index is -3.22. The number of carbonyl (C=O) groups is 2. The molecule has 0 fully saturated rings. The molecule has 1 aromatic carbocycles. The van der Waals surface area contributed by atoms with E-state index >= 15 is 0 Å². The van der Waals surface area contributed by atoms with Crippen LogP contribution in [0.15, 0.2) is 24.3 Å². The van der Waals surface area contributed by atoms with Crippen LogP contribution in [0.1, 0.15) is 37.6 Å². The highest BCUT2D eigenvalue weighted by molar-refractivity contribution is 7.89. The summed E-state index contributed by atoms with van der Waals surface area (Å²) in [5.41, 5.74) is 0.759. The molecule has 0 radical (unpaired) electrons. The van der Waals surface area contributed by atoms with Crippen LogP contribution in [0.3, 0.4) is 0 Å². The van der Waals surface area contributed by atoms with Gasteiger partial charge >= 0.3 is 6.03 Å². The first-order valence-electron chi connectivity index (χ1n) is 8.56. The van der Waals surface area contributed by atoms with Gasteiger partial charge < -0.3 is 16.0 Å². The molecule has 0 aliphatic rings. The van der Waals surface area contributed by atoms with Gasteiger partial charge in [0, 0.05) is 26.2 Å². The minimum absolute atomic E-state index is 0.0209. The van der Waals surface area contributed by atoms with Crippen LogP contribution in [-0.4, -0.2) is 56.6 Å². The second kappa shape index (κ2) is 10.1. The van der Waals surface area contributed by atoms with Crippen molar-refractivity contribution < 1.29 is 18.0 Å². The number of nitrogens with zero attached hydrogens (tertiary/aromatic N) is 1. The summed E-state index contributed by atoms with van der Waals surface area (Å²) >= 11 is 0. The molecule has 1 rings (SSSR count). The molecule has 0 atom stereocenters. The molecule has 0 bridgehead atoms. The van der Waals surface area contributed by atoms with Crippen LogP contribution in [0.5, 0.6) is 0 Å². The summed E-state index contributed by atoms with van der Waals surface area (Å²) in [5.74, 6) is -0.278. The molecule has 146 valence electrons. The fraction of sp³-hybridized carbons (Fsp3) is 0.529. The lowest BCUT2D eigenvalue weighted by atomic mass is 10.1. The number of benzene rings is 1. The Morgan fingerprint density at radius 3 is 2.46 bits per heavy atom. The number of urea groups is 1. The lowest BCUT2D eigenvalue weighted by Gasteiger charge is -2.16. The zero-order valence-corrected chi connectivity index (χ0v) is 16.5. The average Bonchev–Trinajstić information content (AvgIpc) is 2.57. The predicted octanol–water partition coefficient (Wildman–Crippen LogP) is 1.62. The van der Waals surface area contributed by atoms with Gasteiger partial charge in [0.2, 0.25) is 10.0 Å². The normalized spacial score (nSPS) is 11.5. The first-order valence-corrected chi connectivity index (χ1v) is 10.2. The molecular weight excluding hydrogens is 356 g/mol. The van der Waals surface area contributed by atoms with Gasteiger partial charge in [-0.15, -0.1) is 0 Å². The van der Waals surface area contributed by atoms with Crippen molar-refractivity contribution in [3.05, 3.63) is 29.8 Å². The number of anilines is 1. The van der Waals surface area contributed by atoms with Crippen molar-refractivity contribution in [1.82, 2.24) is 14.9 Å². The van der Waals surface area contributed by atoms with Crippen molar-refractivity contribution in [2.24, 2.45) is 0 Å². The van der Waals surface area contributed by atoms with Gasteiger partial charge in [0.15, 0.2) is 0 Å². The van der Waals surface area contributed by atoms with E-state index in [1.54, 1.807) is 31.2 Å². The van der Waals surface area contributed by atoms with Crippen molar-refractivity contribution in [3.8, 4) is 0 Å². The smallest absolute Gasteiger partial charge is 0.319 e. The van der Waals surface area contributed by atoms with Gasteiger partial charge in [-0.2, -0.15) is 0 Å². The minimum Gasteiger partial charge on any atom is -0.352 e. The van der Waals surface area contributed by atoms with E-state index in [4.69, 9.17) is 0 Å². The SMILES string of the molecule is CCS(=O)(=O)N(C)CCCNC(=O)c1ccccc1NC(=O)NC(C)C. The predicted molar refractivity (Wildman–Crippen MR) is 103 cm³/mol. The third-order valence-corrected chi connectivity index (χ3v) is 5.48. The lowest BCUT2D eigenvalue weighted by Crippen LogP contribution is -2.35. The van der Waals surface area contributed by atoms with E-state index < -0.39 is 10.0 Å². The van der Waals surface area contributed by atoms with Crippen LogP contribution in [0.25, 0.3) is 0 Å². The Bertz CT molecular complexity index is 719. The third-order valence-electron chi connectivity index (χ3n) is 3.61. The summed E-state index contributed by atoms with van der Waals surface area (Å²) in [4.78, 5) is 24.2. The second-order valence-electron chi connectivity index (χ2n) is 6.13. The Morgan fingerprint density at radius 1 is 1.19 bits per heavy atom. The Hall–Kier alpha value is -2.13. The zero-order chi connectivity index (χ0) is 19.7. The summed E-state index contributed by atoms with van der Waals surface area (Å²) in [6.07, 6.45) is 0.491. The number of hydrogen-bond acceptors (Lipinski definition) is 4. The molecule has 0 aromatic heterocycles. The molecule has 3 amide bonds. The maximum atomic E-state index is 12.4. The van der Waals surface area contributed by atoms with Crippen molar-refractivity contribution in [2.75, 3.05) is 31.2 Å². The van der Waals surface area contributed by atoms with Crippen LogP contribution in [0, 0.1) is 0 Å². The van der Waals surface area contributed by atoms with Gasteiger partial charge in [-0.05, 0) is 39.3 Å². The van der Waals surface area contributed by atoms with Crippen LogP contribution >= 0.6 is 0 Å². The summed E-state index contributed by atoms with van der Waals surface area (Å²) in [5, 5.41) is 8.10. The Balaban J connectivity index is 2.59. The third kappa shape index (κ3) is 7.01. The molecule has 1 aromatic rings. The van der Waals surface area contributed by atoms with Crippen molar-refractivity contribution in [1.29, 1.82) is 0 Å². The van der Waals surface area contributed by atoms with Crippen molar-refractivity contribution in [2.45, 2.75) is 33.2 Å². The molecule has 0 saturated heterocycles. The molecule has 0 unspecified atom stereocenters. The first-order chi connectivity index (χ1) is 12.2. The number of amides is 3. The standard InChI is InChI=1S/C17H28N4O4S/c1-5-26(24,25)21(4)12-8-11-18-16(22)14-9-6-7-10-15(14)20-17(23)19-13(2)3/h6-7,9-10,13H,5,8,11-12H2,1-4H3,(H,18,22)(H2,19,20,23). The molecule has 8 nitrogen and oxygen atoms in total. The quantitative estimate of drug-likeness (QED) is 0.562. The average molecular weight is 385 g/mol. The van der Waals surface area contributed by atoms with E-state index in [2.05, 4.69) is 16.0 Å². The van der Waals surface area contributed by atoms with E-state index in [9.17, 15) is 18.0 Å². The van der Waals surface area contributed by atoms with Crippen molar-refractivity contribution >= 4 is 27.6 Å². The molecule has 0 spiro atoms. The van der Waals surface area contributed by atoms with Crippen LogP contribution in [-0.2, 0) is 10.0 Å². The van der Waals surface area contributed by atoms with Crippen LogP contribution in [0.4, 0.5) is 10.5 Å². The van der Waals surface area contributed by atoms with Gasteiger partial charge in [0.1, 0.15) is 0 Å². The maximum absolute atomic E-state index is 12.4. The second-order valence-corrected chi connectivity index (χ2v) is 8.49. The molecule has 0 saturated carbocycles. The number of para-hydroxylation sites is 1. The fourth-order valence-electron chi connectivity index (χ4n) is 2.17. The maximum Gasteiger partial charge on any atom is 0.319 e. The van der Waals surface area contributed by atoms with Gasteiger partial charge in [-0.25, -0.2) is 17.5 Å². The Morgan fingerprint density at radius 2 is 1.85 bits per heavy atom. The van der Waals surface area contributed by atoms with Crippen molar-refractivity contribution in [3.63, 3.8) is 0 Å². The van der Waals surface area contributed by atoms with E-state index in [-0.39, 0.29) is 23.7 Å². The topological polar surface area (TPSA) is 108 Å². The summed E-state index contributed by atoms with van der Waals surface area (Å²) in [6.45, 7) is 5.93. The van der Waals surface area contributed by atoms with E-state index in [1.165, 1.54) is 11.4 Å². The largest absolute Gasteiger partial charge is 0.352 e. The molecule has 0 heterocycles. The molecule has 0 aliphatic carbocycles. The summed E-state index contributed by atoms with van der Waals surface area (Å²) < 4.78 is 24.6. The fourth-order valence-corrected chi connectivity index (χ4v) is 3.02. The number of sulfonamides is 1. The zero-order valence-electron chi connectivity index (χ0n) is 15.7. The van der Waals surface area contributed by atoms with E-state index in [0.29, 0.717) is 30.8 Å². The number of carbonyl (C=O) groups excluding carboxylic acids is 2. The highest BCUT2D eigenvalue weighted by Crippen LogP contribution is 2.14. The number of rotatable bonds is 9. The highest BCUT2D eigenvalue weighted by atomic mass is 32.2. The summed E-state index contributed by atoms with van der Waals surface area (Å²) in [6, 6.07) is 6.30. The monoisotopic (exact) mass is 384 g/mol. The summed E-state index contributed by atoms with van der Waals surface area (Å²) in [7, 11) is -1.69.